The van der Waals surface area contributed by atoms with Gasteiger partial charge in [-0.1, -0.05) is 20.8 Å². The van der Waals surface area contributed by atoms with Gasteiger partial charge in [0.05, 0.1) is 0 Å². The van der Waals surface area contributed by atoms with E-state index >= 15 is 0 Å². The Morgan fingerprint density at radius 2 is 2.11 bits per heavy atom. The summed E-state index contributed by atoms with van der Waals surface area (Å²) in [6, 6.07) is 3.69. The van der Waals surface area contributed by atoms with Crippen LogP contribution in [0.5, 0.6) is 0 Å². The number of nitrogens with one attached hydrogen (secondary N) is 1. The zero-order valence-corrected chi connectivity index (χ0v) is 11.9. The van der Waals surface area contributed by atoms with Crippen LogP contribution in [0.4, 0.5) is 5.69 Å². The van der Waals surface area contributed by atoms with Crippen molar-refractivity contribution >= 4 is 11.6 Å². The molecule has 4 nitrogen and oxygen atoms in total. The second-order valence-electron chi connectivity index (χ2n) is 5.50. The molecule has 0 fully saturated rings. The number of amides is 1. The number of hydrogen-bond acceptors (Lipinski definition) is 3. The summed E-state index contributed by atoms with van der Waals surface area (Å²) in [6.45, 7) is 7.48. The number of nitrogens with zero attached hydrogens (tertiary/aromatic N) is 2. The molecule has 0 aliphatic rings. The highest BCUT2D eigenvalue weighted by Gasteiger charge is 2.15. The van der Waals surface area contributed by atoms with Crippen LogP contribution in [-0.4, -0.2) is 36.4 Å². The lowest BCUT2D eigenvalue weighted by molar-refractivity contribution is 0.0822. The van der Waals surface area contributed by atoms with E-state index in [1.165, 1.54) is 4.90 Å². The number of hydrogen-bond donors (Lipinski definition) is 1. The Morgan fingerprint density at radius 3 is 2.67 bits per heavy atom. The number of pyridine rings is 1. The van der Waals surface area contributed by atoms with E-state index in [9.17, 15) is 4.79 Å². The van der Waals surface area contributed by atoms with Crippen molar-refractivity contribution in [2.45, 2.75) is 27.2 Å². The Morgan fingerprint density at radius 1 is 1.44 bits per heavy atom. The highest BCUT2D eigenvalue weighted by Crippen LogP contribution is 2.20. The van der Waals surface area contributed by atoms with Crippen molar-refractivity contribution in [2.75, 3.05) is 26.0 Å². The van der Waals surface area contributed by atoms with E-state index in [2.05, 4.69) is 31.1 Å². The number of rotatable bonds is 5. The maximum absolute atomic E-state index is 11.8. The van der Waals surface area contributed by atoms with Gasteiger partial charge in [-0.15, -0.1) is 0 Å². The topological polar surface area (TPSA) is 45.2 Å². The summed E-state index contributed by atoms with van der Waals surface area (Å²) in [5.41, 5.74) is 1.66. The molecule has 0 saturated carbocycles. The first-order valence-electron chi connectivity index (χ1n) is 6.27. The fourth-order valence-corrected chi connectivity index (χ4v) is 1.35. The van der Waals surface area contributed by atoms with Gasteiger partial charge < -0.3 is 10.2 Å². The minimum Gasteiger partial charge on any atom is -0.384 e. The molecule has 1 aromatic rings. The van der Waals surface area contributed by atoms with Gasteiger partial charge in [-0.05, 0) is 24.0 Å². The van der Waals surface area contributed by atoms with Crippen LogP contribution in [0.2, 0.25) is 0 Å². The fraction of sp³-hybridized carbons (Fsp3) is 0.571. The third kappa shape index (κ3) is 4.02. The number of carbonyl (C=O) groups is 1. The van der Waals surface area contributed by atoms with Gasteiger partial charge in [0.15, 0.2) is 0 Å². The third-order valence-electron chi connectivity index (χ3n) is 3.11. The van der Waals surface area contributed by atoms with Gasteiger partial charge in [0.25, 0.3) is 5.91 Å². The molecule has 18 heavy (non-hydrogen) atoms. The Balaban J connectivity index is 2.74. The Labute approximate surface area is 109 Å². The zero-order chi connectivity index (χ0) is 13.8. The molecule has 0 bridgehead atoms. The van der Waals surface area contributed by atoms with Gasteiger partial charge in [-0.25, -0.2) is 0 Å². The summed E-state index contributed by atoms with van der Waals surface area (Å²) in [4.78, 5) is 17.4. The first-order chi connectivity index (χ1) is 8.35. The highest BCUT2D eigenvalue weighted by molar-refractivity contribution is 5.92. The van der Waals surface area contributed by atoms with E-state index in [1.54, 1.807) is 26.4 Å². The van der Waals surface area contributed by atoms with Crippen molar-refractivity contribution in [3.63, 3.8) is 0 Å². The molecule has 0 aliphatic carbocycles. The first-order valence-corrected chi connectivity index (χ1v) is 6.27. The summed E-state index contributed by atoms with van der Waals surface area (Å²) in [5, 5.41) is 3.36. The van der Waals surface area contributed by atoms with Gasteiger partial charge in [-0.3, -0.25) is 9.78 Å². The summed E-state index contributed by atoms with van der Waals surface area (Å²) in [5.74, 6) is -0.0756. The predicted octanol–water partition coefficient (Wildman–Crippen LogP) is 2.63. The van der Waals surface area contributed by atoms with Crippen LogP contribution in [0.25, 0.3) is 0 Å². The molecule has 0 spiro atoms. The van der Waals surface area contributed by atoms with Crippen molar-refractivity contribution in [3.8, 4) is 0 Å². The number of aromatic nitrogens is 1. The van der Waals surface area contributed by atoms with E-state index in [-0.39, 0.29) is 11.3 Å². The molecule has 0 aromatic carbocycles. The van der Waals surface area contributed by atoms with Crippen LogP contribution in [0.1, 0.15) is 37.7 Å². The van der Waals surface area contributed by atoms with Crippen LogP contribution < -0.4 is 5.32 Å². The van der Waals surface area contributed by atoms with E-state index in [0.29, 0.717) is 5.69 Å². The molecule has 0 radical (unpaired) electrons. The molecular weight excluding hydrogens is 226 g/mol. The average Bonchev–Trinajstić information content (AvgIpc) is 2.36. The standard InChI is InChI=1S/C14H23N3O/c1-6-14(2,3)10-16-11-7-8-15-12(9-11)13(18)17(4)5/h7-9H,6,10H2,1-5H3,(H,15,16). The van der Waals surface area contributed by atoms with Crippen LogP contribution in [0.3, 0.4) is 0 Å². The normalized spacial score (nSPS) is 11.2. The Hall–Kier alpha value is -1.58. The van der Waals surface area contributed by atoms with E-state index < -0.39 is 0 Å². The van der Waals surface area contributed by atoms with Crippen molar-refractivity contribution < 1.29 is 4.79 Å². The molecule has 1 heterocycles. The fourth-order valence-electron chi connectivity index (χ4n) is 1.35. The molecule has 1 N–H and O–H groups in total. The van der Waals surface area contributed by atoms with Crippen LogP contribution in [-0.2, 0) is 0 Å². The molecule has 1 aromatic heterocycles. The molecule has 0 aliphatic heterocycles. The molecule has 0 saturated heterocycles. The number of carbonyl (C=O) groups excluding carboxylic acids is 1. The lowest BCUT2D eigenvalue weighted by atomic mass is 9.90. The molecule has 1 rings (SSSR count). The number of anilines is 1. The zero-order valence-electron chi connectivity index (χ0n) is 11.9. The lowest BCUT2D eigenvalue weighted by Crippen LogP contribution is -2.24. The SMILES string of the molecule is CCC(C)(C)CNc1ccnc(C(=O)N(C)C)c1. The van der Waals surface area contributed by atoms with Gasteiger partial charge in [0.2, 0.25) is 0 Å². The summed E-state index contributed by atoms with van der Waals surface area (Å²) >= 11 is 0. The lowest BCUT2D eigenvalue weighted by Gasteiger charge is -2.23. The molecule has 1 amide bonds. The van der Waals surface area contributed by atoms with Crippen LogP contribution in [0.15, 0.2) is 18.3 Å². The minimum absolute atomic E-state index is 0.0756. The smallest absolute Gasteiger partial charge is 0.272 e. The summed E-state index contributed by atoms with van der Waals surface area (Å²) in [7, 11) is 3.45. The van der Waals surface area contributed by atoms with Gasteiger partial charge in [0.1, 0.15) is 5.69 Å². The van der Waals surface area contributed by atoms with E-state index in [1.807, 2.05) is 6.07 Å². The largest absolute Gasteiger partial charge is 0.384 e. The highest BCUT2D eigenvalue weighted by atomic mass is 16.2. The first kappa shape index (κ1) is 14.5. The molecule has 4 heteroatoms. The second-order valence-corrected chi connectivity index (χ2v) is 5.50. The van der Waals surface area contributed by atoms with E-state index in [4.69, 9.17) is 0 Å². The van der Waals surface area contributed by atoms with Crippen molar-refractivity contribution in [1.29, 1.82) is 0 Å². The molecule has 100 valence electrons. The van der Waals surface area contributed by atoms with Gasteiger partial charge >= 0.3 is 0 Å². The molecule has 0 unspecified atom stereocenters. The van der Waals surface area contributed by atoms with Gasteiger partial charge in [0, 0.05) is 32.5 Å². The maximum Gasteiger partial charge on any atom is 0.272 e. The second kappa shape index (κ2) is 5.85. The van der Waals surface area contributed by atoms with Gasteiger partial charge in [-0.2, -0.15) is 0 Å². The predicted molar refractivity (Wildman–Crippen MR) is 74.8 cm³/mol. The monoisotopic (exact) mass is 249 g/mol. The van der Waals surface area contributed by atoms with Crippen molar-refractivity contribution in [2.24, 2.45) is 5.41 Å². The molecule has 0 atom stereocenters. The van der Waals surface area contributed by atoms with Crippen molar-refractivity contribution in [3.05, 3.63) is 24.0 Å². The van der Waals surface area contributed by atoms with Crippen LogP contribution in [0, 0.1) is 5.41 Å². The average molecular weight is 249 g/mol. The van der Waals surface area contributed by atoms with E-state index in [0.717, 1.165) is 18.7 Å². The van der Waals surface area contributed by atoms with Crippen molar-refractivity contribution in [1.82, 2.24) is 9.88 Å². The molecular formula is C14H23N3O. The summed E-state index contributed by atoms with van der Waals surface area (Å²) < 4.78 is 0. The quantitative estimate of drug-likeness (QED) is 0.872. The Bertz CT molecular complexity index is 413. The maximum atomic E-state index is 11.8. The minimum atomic E-state index is -0.0756. The Kier molecular flexibility index (Phi) is 4.70. The summed E-state index contributed by atoms with van der Waals surface area (Å²) in [6.07, 6.45) is 2.77. The third-order valence-corrected chi connectivity index (χ3v) is 3.11. The van der Waals surface area contributed by atoms with Crippen LogP contribution >= 0.6 is 0 Å².